The zero-order valence-electron chi connectivity index (χ0n) is 13.5. The number of esters is 1. The molecule has 0 radical (unpaired) electrons. The van der Waals surface area contributed by atoms with E-state index in [1.54, 1.807) is 0 Å². The molecule has 1 aliphatic carbocycles. The lowest BCUT2D eigenvalue weighted by Gasteiger charge is -2.27. The lowest BCUT2D eigenvalue weighted by molar-refractivity contribution is -0.145. The standard InChI is InChI=1S/C14H28N2O4S/c1-5-16(11-7-10-15(2)3)21(18,19)13-9-6-8-12(13)14(17)20-4/h12-13H,5-11H2,1-4H3. The summed E-state index contributed by atoms with van der Waals surface area (Å²) in [5, 5.41) is -0.621. The van der Waals surface area contributed by atoms with Crippen LogP contribution in [0.4, 0.5) is 0 Å². The molecule has 2 atom stereocenters. The maximum Gasteiger partial charge on any atom is 0.310 e. The second kappa shape index (κ2) is 8.10. The Balaban J connectivity index is 2.78. The van der Waals surface area contributed by atoms with Crippen molar-refractivity contribution in [1.82, 2.24) is 9.21 Å². The summed E-state index contributed by atoms with van der Waals surface area (Å²) in [6.45, 7) is 3.63. The van der Waals surface area contributed by atoms with Crippen molar-refractivity contribution >= 4 is 16.0 Å². The number of carbonyl (C=O) groups is 1. The molecular weight excluding hydrogens is 292 g/mol. The smallest absolute Gasteiger partial charge is 0.310 e. The predicted octanol–water partition coefficient (Wildman–Crippen LogP) is 0.932. The quantitative estimate of drug-likeness (QED) is 0.623. The highest BCUT2D eigenvalue weighted by Gasteiger charge is 2.44. The zero-order chi connectivity index (χ0) is 16.0. The molecule has 0 spiro atoms. The van der Waals surface area contributed by atoms with Crippen molar-refractivity contribution in [1.29, 1.82) is 0 Å². The number of methoxy groups -OCH3 is 1. The Bertz CT molecular complexity index is 436. The molecule has 0 amide bonds. The number of sulfonamides is 1. The first-order chi connectivity index (χ1) is 9.84. The van der Waals surface area contributed by atoms with Crippen LogP contribution in [0.5, 0.6) is 0 Å². The third-order valence-electron chi connectivity index (χ3n) is 4.06. The molecule has 1 aliphatic rings. The van der Waals surface area contributed by atoms with E-state index in [0.717, 1.165) is 19.4 Å². The number of hydrogen-bond donors (Lipinski definition) is 0. The van der Waals surface area contributed by atoms with Gasteiger partial charge in [0.1, 0.15) is 0 Å². The summed E-state index contributed by atoms with van der Waals surface area (Å²) in [6.07, 6.45) is 2.70. The maximum absolute atomic E-state index is 12.8. The van der Waals surface area contributed by atoms with Crippen molar-refractivity contribution in [2.45, 2.75) is 37.9 Å². The highest BCUT2D eigenvalue weighted by Crippen LogP contribution is 2.33. The van der Waals surface area contributed by atoms with Gasteiger partial charge >= 0.3 is 5.97 Å². The molecule has 2 unspecified atom stereocenters. The fraction of sp³-hybridized carbons (Fsp3) is 0.929. The molecule has 1 saturated carbocycles. The molecule has 21 heavy (non-hydrogen) atoms. The summed E-state index contributed by atoms with van der Waals surface area (Å²) >= 11 is 0. The Labute approximate surface area is 128 Å². The Morgan fingerprint density at radius 3 is 2.43 bits per heavy atom. The molecule has 6 nitrogen and oxygen atoms in total. The van der Waals surface area contributed by atoms with Gasteiger partial charge in [-0.2, -0.15) is 0 Å². The van der Waals surface area contributed by atoms with Crippen LogP contribution in [0.3, 0.4) is 0 Å². The van der Waals surface area contributed by atoms with E-state index in [0.29, 0.717) is 25.9 Å². The Kier molecular flexibility index (Phi) is 7.09. The highest BCUT2D eigenvalue weighted by molar-refractivity contribution is 7.89. The van der Waals surface area contributed by atoms with Crippen molar-refractivity contribution in [2.24, 2.45) is 5.92 Å². The molecule has 0 N–H and O–H groups in total. The SMILES string of the molecule is CCN(CCCN(C)C)S(=O)(=O)C1CCCC1C(=O)OC. The van der Waals surface area contributed by atoms with Crippen LogP contribution in [0.25, 0.3) is 0 Å². The average molecular weight is 320 g/mol. The van der Waals surface area contributed by atoms with Gasteiger partial charge < -0.3 is 9.64 Å². The zero-order valence-corrected chi connectivity index (χ0v) is 14.4. The second-order valence-corrected chi connectivity index (χ2v) is 7.94. The van der Waals surface area contributed by atoms with E-state index in [9.17, 15) is 13.2 Å². The fourth-order valence-electron chi connectivity index (χ4n) is 2.92. The van der Waals surface area contributed by atoms with E-state index in [1.807, 2.05) is 25.9 Å². The van der Waals surface area contributed by atoms with E-state index in [1.165, 1.54) is 11.4 Å². The summed E-state index contributed by atoms with van der Waals surface area (Å²) < 4.78 is 31.8. The van der Waals surface area contributed by atoms with Gasteiger partial charge in [-0.1, -0.05) is 13.3 Å². The third-order valence-corrected chi connectivity index (χ3v) is 6.55. The summed E-state index contributed by atoms with van der Waals surface area (Å²) in [6, 6.07) is 0. The summed E-state index contributed by atoms with van der Waals surface area (Å²) in [5.41, 5.74) is 0. The summed E-state index contributed by atoms with van der Waals surface area (Å²) in [7, 11) is 1.81. The molecule has 0 aliphatic heterocycles. The molecule has 1 fully saturated rings. The van der Waals surface area contributed by atoms with Crippen LogP contribution in [0, 0.1) is 5.92 Å². The largest absolute Gasteiger partial charge is 0.469 e. The van der Waals surface area contributed by atoms with Crippen molar-refractivity contribution in [3.05, 3.63) is 0 Å². The van der Waals surface area contributed by atoms with E-state index in [4.69, 9.17) is 4.74 Å². The van der Waals surface area contributed by atoms with Gasteiger partial charge in [0, 0.05) is 13.1 Å². The topological polar surface area (TPSA) is 66.9 Å². The molecule has 0 saturated heterocycles. The van der Waals surface area contributed by atoms with E-state index in [-0.39, 0.29) is 0 Å². The average Bonchev–Trinajstić information content (AvgIpc) is 2.92. The van der Waals surface area contributed by atoms with Gasteiger partial charge in [-0.05, 0) is 39.9 Å². The Morgan fingerprint density at radius 1 is 1.24 bits per heavy atom. The van der Waals surface area contributed by atoms with Gasteiger partial charge in [-0.25, -0.2) is 12.7 Å². The van der Waals surface area contributed by atoms with Crippen LogP contribution in [0.1, 0.15) is 32.6 Å². The first kappa shape index (κ1) is 18.4. The van der Waals surface area contributed by atoms with Crippen LogP contribution >= 0.6 is 0 Å². The first-order valence-corrected chi connectivity index (χ1v) is 9.06. The lowest BCUT2D eigenvalue weighted by Crippen LogP contribution is -2.43. The second-order valence-electron chi connectivity index (χ2n) is 5.79. The van der Waals surface area contributed by atoms with Crippen molar-refractivity contribution in [3.63, 3.8) is 0 Å². The first-order valence-electron chi connectivity index (χ1n) is 7.56. The van der Waals surface area contributed by atoms with Crippen molar-refractivity contribution in [2.75, 3.05) is 40.8 Å². The predicted molar refractivity (Wildman–Crippen MR) is 82.5 cm³/mol. The number of hydrogen-bond acceptors (Lipinski definition) is 5. The Morgan fingerprint density at radius 2 is 1.90 bits per heavy atom. The van der Waals surface area contributed by atoms with Gasteiger partial charge in [0.2, 0.25) is 10.0 Å². The normalized spacial score (nSPS) is 23.0. The number of carbonyl (C=O) groups excluding carboxylic acids is 1. The molecule has 0 aromatic heterocycles. The molecule has 124 valence electrons. The maximum atomic E-state index is 12.8. The van der Waals surface area contributed by atoms with Gasteiger partial charge in [0.25, 0.3) is 0 Å². The lowest BCUT2D eigenvalue weighted by atomic mass is 10.1. The monoisotopic (exact) mass is 320 g/mol. The van der Waals surface area contributed by atoms with Crippen LogP contribution < -0.4 is 0 Å². The van der Waals surface area contributed by atoms with Crippen LogP contribution in [0.15, 0.2) is 0 Å². The minimum absolute atomic E-state index is 0.398. The molecule has 0 heterocycles. The van der Waals surface area contributed by atoms with Crippen LogP contribution in [-0.4, -0.2) is 69.7 Å². The van der Waals surface area contributed by atoms with Crippen molar-refractivity contribution in [3.8, 4) is 0 Å². The minimum atomic E-state index is -3.44. The third kappa shape index (κ3) is 4.66. The number of ether oxygens (including phenoxy) is 1. The van der Waals surface area contributed by atoms with Gasteiger partial charge in [-0.15, -0.1) is 0 Å². The van der Waals surface area contributed by atoms with Crippen molar-refractivity contribution < 1.29 is 17.9 Å². The summed E-state index contributed by atoms with van der Waals surface area (Å²) in [5.74, 6) is -0.909. The molecule has 7 heteroatoms. The van der Waals surface area contributed by atoms with Gasteiger partial charge in [0.05, 0.1) is 18.3 Å². The van der Waals surface area contributed by atoms with E-state index in [2.05, 4.69) is 0 Å². The minimum Gasteiger partial charge on any atom is -0.469 e. The van der Waals surface area contributed by atoms with E-state index < -0.39 is 27.2 Å². The Hall–Kier alpha value is -0.660. The number of rotatable bonds is 8. The molecule has 0 aromatic carbocycles. The molecule has 0 aromatic rings. The van der Waals surface area contributed by atoms with E-state index >= 15 is 0 Å². The molecule has 0 bridgehead atoms. The fourth-order valence-corrected chi connectivity index (χ4v) is 5.18. The van der Waals surface area contributed by atoms with Crippen LogP contribution in [-0.2, 0) is 19.6 Å². The van der Waals surface area contributed by atoms with Gasteiger partial charge in [0.15, 0.2) is 0 Å². The molecule has 1 rings (SSSR count). The molecular formula is C14H28N2O4S. The number of nitrogens with zero attached hydrogens (tertiary/aromatic N) is 2. The van der Waals surface area contributed by atoms with Gasteiger partial charge in [-0.3, -0.25) is 4.79 Å². The summed E-state index contributed by atoms with van der Waals surface area (Å²) in [4.78, 5) is 13.8. The van der Waals surface area contributed by atoms with Crippen LogP contribution in [0.2, 0.25) is 0 Å². The highest BCUT2D eigenvalue weighted by atomic mass is 32.2.